The van der Waals surface area contributed by atoms with E-state index in [1.165, 1.54) is 23.3 Å². The van der Waals surface area contributed by atoms with E-state index in [1.54, 1.807) is 6.07 Å². The zero-order valence-corrected chi connectivity index (χ0v) is 21.1. The molecule has 0 spiro atoms. The number of aliphatic carboxylic acids is 1. The number of carbonyl (C=O) groups is 1. The number of aromatic nitrogens is 2. The van der Waals surface area contributed by atoms with Gasteiger partial charge in [0.05, 0.1) is 11.0 Å². The van der Waals surface area contributed by atoms with Crippen molar-refractivity contribution in [3.63, 3.8) is 0 Å². The van der Waals surface area contributed by atoms with Gasteiger partial charge in [-0.05, 0) is 34.9 Å². The van der Waals surface area contributed by atoms with Crippen molar-refractivity contribution in [2.75, 3.05) is 39.3 Å². The van der Waals surface area contributed by atoms with E-state index in [0.717, 1.165) is 68.3 Å². The van der Waals surface area contributed by atoms with Gasteiger partial charge in [-0.25, -0.2) is 14.2 Å². The van der Waals surface area contributed by atoms with Crippen molar-refractivity contribution in [2.24, 2.45) is 0 Å². The van der Waals surface area contributed by atoms with Crippen LogP contribution in [-0.2, 0) is 11.3 Å². The Bertz CT molecular complexity index is 1370. The third-order valence-electron chi connectivity index (χ3n) is 6.28. The molecule has 0 radical (unpaired) electrons. The average molecular weight is 544 g/mol. The van der Waals surface area contributed by atoms with Gasteiger partial charge in [0.15, 0.2) is 0 Å². The molecule has 1 fully saturated rings. The molecule has 4 N–H and O–H groups in total. The molecule has 4 aromatic rings. The molecule has 0 bridgehead atoms. The normalized spacial score (nSPS) is 14.2. The molecule has 1 aromatic heterocycles. The molecule has 0 unspecified atom stereocenters. The number of halogens is 4. The van der Waals surface area contributed by atoms with Crippen LogP contribution in [0.25, 0.3) is 33.5 Å². The maximum atomic E-state index is 13.4. The van der Waals surface area contributed by atoms with Gasteiger partial charge in [0, 0.05) is 51.4 Å². The lowest BCUT2D eigenvalue weighted by Gasteiger charge is -2.27. The minimum Gasteiger partial charge on any atom is -0.475 e. The molecule has 7 nitrogen and oxygen atoms in total. The number of nitrogens with zero attached hydrogens (tertiary/aromatic N) is 2. The number of benzene rings is 3. The number of nitrogens with one attached hydrogen (secondary N) is 3. The molecule has 2 heterocycles. The Morgan fingerprint density at radius 3 is 2.15 bits per heavy atom. The quantitative estimate of drug-likeness (QED) is 0.200. The fraction of sp³-hybridized carbons (Fsp3) is 0.286. The number of hydrogen-bond donors (Lipinski definition) is 4. The van der Waals surface area contributed by atoms with E-state index >= 15 is 0 Å². The van der Waals surface area contributed by atoms with Crippen molar-refractivity contribution >= 4 is 17.0 Å². The highest BCUT2D eigenvalue weighted by molar-refractivity contribution is 5.80. The van der Waals surface area contributed by atoms with Crippen molar-refractivity contribution in [1.29, 1.82) is 0 Å². The molecule has 0 amide bonds. The lowest BCUT2D eigenvalue weighted by molar-refractivity contribution is -0.192. The number of alkyl halides is 3. The number of imidazole rings is 1. The fourth-order valence-electron chi connectivity index (χ4n) is 4.16. The molecule has 0 atom stereocenters. The standard InChI is InChI=1S/C26H28FN5.C2HF3O2/c27-23-9-10-24-25(17-23)31-26(30-24)22-7-5-21(6-8-22)20-3-1-19(2-4-20)18-29-13-16-32-14-11-28-12-15-32;3-2(4,5)1(6)7/h1-10,17,28-29H,11-16,18H2,(H,30,31);(H,6,7). The van der Waals surface area contributed by atoms with E-state index in [1.807, 2.05) is 0 Å². The molecule has 5 rings (SSSR count). The number of H-pyrrole nitrogens is 1. The highest BCUT2D eigenvalue weighted by Crippen LogP contribution is 2.25. The van der Waals surface area contributed by atoms with Crippen molar-refractivity contribution in [3.8, 4) is 22.5 Å². The highest BCUT2D eigenvalue weighted by Gasteiger charge is 2.38. The van der Waals surface area contributed by atoms with Crippen LogP contribution in [0.1, 0.15) is 5.56 Å². The van der Waals surface area contributed by atoms with Crippen LogP contribution in [0, 0.1) is 5.82 Å². The minimum absolute atomic E-state index is 0.263. The van der Waals surface area contributed by atoms with Crippen LogP contribution in [0.5, 0.6) is 0 Å². The van der Waals surface area contributed by atoms with E-state index in [-0.39, 0.29) is 5.82 Å². The second-order valence-corrected chi connectivity index (χ2v) is 9.09. The third kappa shape index (κ3) is 8.09. The largest absolute Gasteiger partial charge is 0.490 e. The Labute approximate surface area is 222 Å². The van der Waals surface area contributed by atoms with Gasteiger partial charge < -0.3 is 20.7 Å². The second kappa shape index (κ2) is 12.8. The summed E-state index contributed by atoms with van der Waals surface area (Å²) in [6, 6.07) is 21.6. The van der Waals surface area contributed by atoms with Crippen LogP contribution >= 0.6 is 0 Å². The summed E-state index contributed by atoms with van der Waals surface area (Å²) in [4.78, 5) is 19.2. The van der Waals surface area contributed by atoms with Crippen LogP contribution in [0.3, 0.4) is 0 Å². The van der Waals surface area contributed by atoms with Crippen LogP contribution in [0.4, 0.5) is 17.6 Å². The van der Waals surface area contributed by atoms with E-state index in [2.05, 4.69) is 74.0 Å². The Balaban J connectivity index is 0.000000448. The van der Waals surface area contributed by atoms with E-state index in [0.29, 0.717) is 5.52 Å². The Kier molecular flexibility index (Phi) is 9.28. The summed E-state index contributed by atoms with van der Waals surface area (Å²) in [5, 5.41) is 14.1. The zero-order valence-electron chi connectivity index (χ0n) is 21.1. The molecule has 39 heavy (non-hydrogen) atoms. The van der Waals surface area contributed by atoms with Gasteiger partial charge in [-0.2, -0.15) is 13.2 Å². The molecular weight excluding hydrogens is 514 g/mol. The predicted molar refractivity (Wildman–Crippen MR) is 142 cm³/mol. The predicted octanol–water partition coefficient (Wildman–Crippen LogP) is 4.66. The van der Waals surface area contributed by atoms with Gasteiger partial charge in [0.1, 0.15) is 11.6 Å². The molecule has 3 aromatic carbocycles. The first-order valence-corrected chi connectivity index (χ1v) is 12.5. The lowest BCUT2D eigenvalue weighted by Crippen LogP contribution is -2.45. The first-order valence-electron chi connectivity index (χ1n) is 12.5. The van der Waals surface area contributed by atoms with Gasteiger partial charge in [-0.3, -0.25) is 4.90 Å². The minimum atomic E-state index is -5.08. The Hall–Kier alpha value is -3.80. The van der Waals surface area contributed by atoms with Crippen molar-refractivity contribution in [2.45, 2.75) is 12.7 Å². The summed E-state index contributed by atoms with van der Waals surface area (Å²) in [5.41, 5.74) is 6.10. The first kappa shape index (κ1) is 28.2. The summed E-state index contributed by atoms with van der Waals surface area (Å²) in [6.45, 7) is 7.48. The van der Waals surface area contributed by atoms with Gasteiger partial charge in [0.2, 0.25) is 0 Å². The number of rotatable bonds is 7. The monoisotopic (exact) mass is 543 g/mol. The second-order valence-electron chi connectivity index (χ2n) is 9.09. The lowest BCUT2D eigenvalue weighted by atomic mass is 10.0. The van der Waals surface area contributed by atoms with Gasteiger partial charge in [-0.15, -0.1) is 0 Å². The number of carboxylic acid groups (broad SMARTS) is 1. The fourth-order valence-corrected chi connectivity index (χ4v) is 4.16. The van der Waals surface area contributed by atoms with Crippen molar-refractivity contribution in [1.82, 2.24) is 25.5 Å². The molecular formula is C28H29F4N5O2. The summed E-state index contributed by atoms with van der Waals surface area (Å²) in [7, 11) is 0. The van der Waals surface area contributed by atoms with Crippen LogP contribution in [0.15, 0.2) is 66.7 Å². The van der Waals surface area contributed by atoms with Gasteiger partial charge >= 0.3 is 12.1 Å². The smallest absolute Gasteiger partial charge is 0.475 e. The van der Waals surface area contributed by atoms with Crippen molar-refractivity contribution in [3.05, 3.63) is 78.1 Å². The topological polar surface area (TPSA) is 93.3 Å². The average Bonchev–Trinajstić information content (AvgIpc) is 3.35. The number of piperazine rings is 1. The highest BCUT2D eigenvalue weighted by atomic mass is 19.4. The zero-order chi connectivity index (χ0) is 27.8. The summed E-state index contributed by atoms with van der Waals surface area (Å²) >= 11 is 0. The number of carboxylic acids is 1. The molecule has 0 saturated carbocycles. The molecule has 1 saturated heterocycles. The van der Waals surface area contributed by atoms with E-state index < -0.39 is 12.1 Å². The van der Waals surface area contributed by atoms with E-state index in [9.17, 15) is 17.6 Å². The van der Waals surface area contributed by atoms with Crippen LogP contribution in [-0.4, -0.2) is 71.4 Å². The maximum absolute atomic E-state index is 13.4. The number of fused-ring (bicyclic) bond motifs is 1. The molecule has 1 aliphatic rings. The Morgan fingerprint density at radius 2 is 1.54 bits per heavy atom. The molecule has 206 valence electrons. The maximum Gasteiger partial charge on any atom is 0.490 e. The summed E-state index contributed by atoms with van der Waals surface area (Å²) < 4.78 is 45.2. The first-order chi connectivity index (χ1) is 18.7. The number of aromatic amines is 1. The van der Waals surface area contributed by atoms with E-state index in [4.69, 9.17) is 9.90 Å². The van der Waals surface area contributed by atoms with Gasteiger partial charge in [-0.1, -0.05) is 48.5 Å². The van der Waals surface area contributed by atoms with Crippen LogP contribution in [0.2, 0.25) is 0 Å². The third-order valence-corrected chi connectivity index (χ3v) is 6.28. The van der Waals surface area contributed by atoms with Gasteiger partial charge in [0.25, 0.3) is 0 Å². The molecule has 0 aliphatic carbocycles. The SMILES string of the molecule is Fc1ccc2nc(-c3ccc(-c4ccc(CNCCN5CCNCC5)cc4)cc3)[nH]c2c1.O=C(O)C(F)(F)F. The summed E-state index contributed by atoms with van der Waals surface area (Å²) in [6.07, 6.45) is -5.08. The number of hydrogen-bond acceptors (Lipinski definition) is 5. The molecule has 11 heteroatoms. The summed E-state index contributed by atoms with van der Waals surface area (Å²) in [5.74, 6) is -2.27. The van der Waals surface area contributed by atoms with Crippen molar-refractivity contribution < 1.29 is 27.5 Å². The Morgan fingerprint density at radius 1 is 0.949 bits per heavy atom. The molecule has 1 aliphatic heterocycles. The van der Waals surface area contributed by atoms with Crippen LogP contribution < -0.4 is 10.6 Å².